The van der Waals surface area contributed by atoms with Crippen molar-refractivity contribution in [1.82, 2.24) is 14.9 Å². The number of rotatable bonds is 5. The van der Waals surface area contributed by atoms with Gasteiger partial charge in [0.05, 0.1) is 7.11 Å². The molecule has 1 aromatic heterocycles. The van der Waals surface area contributed by atoms with Crippen molar-refractivity contribution in [2.45, 2.75) is 39.3 Å². The summed E-state index contributed by atoms with van der Waals surface area (Å²) >= 11 is 0. The van der Waals surface area contributed by atoms with Crippen LogP contribution >= 0.6 is 0 Å². The van der Waals surface area contributed by atoms with E-state index in [0.29, 0.717) is 12.3 Å². The number of methoxy groups -OCH3 is 1. The molecular formula is C18H23N3O2. The maximum absolute atomic E-state index is 10.0. The van der Waals surface area contributed by atoms with E-state index in [-0.39, 0.29) is 0 Å². The van der Waals surface area contributed by atoms with Gasteiger partial charge < -0.3 is 9.84 Å². The van der Waals surface area contributed by atoms with Gasteiger partial charge in [0.2, 0.25) is 0 Å². The van der Waals surface area contributed by atoms with Gasteiger partial charge in [-0.1, -0.05) is 6.92 Å². The summed E-state index contributed by atoms with van der Waals surface area (Å²) in [7, 11) is 1.64. The monoisotopic (exact) mass is 313 g/mol. The summed E-state index contributed by atoms with van der Waals surface area (Å²) < 4.78 is 5.24. The smallest absolute Gasteiger partial charge is 0.128 e. The Labute approximate surface area is 137 Å². The lowest BCUT2D eigenvalue weighted by atomic mass is 10.1. The summed E-state index contributed by atoms with van der Waals surface area (Å²) in [5.41, 5.74) is 3.25. The molecule has 5 nitrogen and oxygen atoms in total. The molecular weight excluding hydrogens is 290 g/mol. The molecule has 0 bridgehead atoms. The lowest BCUT2D eigenvalue weighted by Crippen LogP contribution is -2.31. The second-order valence-corrected chi connectivity index (χ2v) is 5.96. The van der Waals surface area contributed by atoms with Crippen molar-refractivity contribution in [2.24, 2.45) is 0 Å². The van der Waals surface area contributed by atoms with E-state index in [1.807, 2.05) is 12.3 Å². The Morgan fingerprint density at radius 3 is 3.00 bits per heavy atom. The Balaban J connectivity index is 1.72. The van der Waals surface area contributed by atoms with Gasteiger partial charge in [-0.25, -0.2) is 9.97 Å². The normalized spacial score (nSPS) is 14.5. The third kappa shape index (κ3) is 3.62. The molecule has 2 heterocycles. The number of aromatic hydroxyl groups is 1. The maximum atomic E-state index is 10.0. The molecule has 23 heavy (non-hydrogen) atoms. The minimum absolute atomic E-state index is 0.311. The highest BCUT2D eigenvalue weighted by Crippen LogP contribution is 2.26. The highest BCUT2D eigenvalue weighted by Gasteiger charge is 2.19. The number of aryl methyl sites for hydroxylation is 1. The van der Waals surface area contributed by atoms with Gasteiger partial charge in [-0.15, -0.1) is 0 Å². The number of aromatic nitrogens is 2. The molecule has 0 saturated heterocycles. The fourth-order valence-corrected chi connectivity index (χ4v) is 2.95. The molecule has 0 unspecified atom stereocenters. The lowest BCUT2D eigenvalue weighted by molar-refractivity contribution is 0.239. The van der Waals surface area contributed by atoms with Gasteiger partial charge in [-0.2, -0.15) is 0 Å². The predicted molar refractivity (Wildman–Crippen MR) is 88.5 cm³/mol. The molecule has 0 fully saturated rings. The van der Waals surface area contributed by atoms with Crippen LogP contribution in [0, 0.1) is 0 Å². The van der Waals surface area contributed by atoms with E-state index in [9.17, 15) is 5.11 Å². The summed E-state index contributed by atoms with van der Waals surface area (Å²) in [6.45, 7) is 4.59. The number of fused-ring (bicyclic) bond motifs is 1. The van der Waals surface area contributed by atoms with E-state index >= 15 is 0 Å². The van der Waals surface area contributed by atoms with E-state index in [1.54, 1.807) is 19.2 Å². The Kier molecular flexibility index (Phi) is 4.76. The van der Waals surface area contributed by atoms with Crippen molar-refractivity contribution in [3.63, 3.8) is 0 Å². The maximum Gasteiger partial charge on any atom is 0.128 e. The molecule has 2 aromatic rings. The molecule has 0 radical (unpaired) electrons. The summed E-state index contributed by atoms with van der Waals surface area (Å²) in [6.07, 6.45) is 4.90. The van der Waals surface area contributed by atoms with Gasteiger partial charge in [0, 0.05) is 55.5 Å². The summed E-state index contributed by atoms with van der Waals surface area (Å²) in [6, 6.07) is 5.35. The number of phenols is 1. The van der Waals surface area contributed by atoms with Gasteiger partial charge in [-0.3, -0.25) is 4.90 Å². The first-order valence-electron chi connectivity index (χ1n) is 8.11. The number of hydrogen-bond acceptors (Lipinski definition) is 5. The number of nitrogens with zero attached hydrogens (tertiary/aromatic N) is 3. The molecule has 1 aliphatic heterocycles. The number of ether oxygens (including phenoxy) is 1. The fourth-order valence-electron chi connectivity index (χ4n) is 2.95. The molecule has 1 N–H and O–H groups in total. The second kappa shape index (κ2) is 6.96. The highest BCUT2D eigenvalue weighted by molar-refractivity contribution is 5.39. The third-order valence-corrected chi connectivity index (χ3v) is 4.22. The summed E-state index contributed by atoms with van der Waals surface area (Å²) in [4.78, 5) is 11.4. The van der Waals surface area contributed by atoms with E-state index in [1.165, 1.54) is 11.3 Å². The quantitative estimate of drug-likeness (QED) is 0.920. The van der Waals surface area contributed by atoms with Crippen LogP contribution in [0.4, 0.5) is 0 Å². The van der Waals surface area contributed by atoms with Crippen LogP contribution < -0.4 is 4.74 Å². The van der Waals surface area contributed by atoms with Crippen LogP contribution in [0.3, 0.4) is 0 Å². The van der Waals surface area contributed by atoms with Crippen LogP contribution in [0.5, 0.6) is 11.5 Å². The average Bonchev–Trinajstić information content (AvgIpc) is 2.57. The van der Waals surface area contributed by atoms with Gasteiger partial charge >= 0.3 is 0 Å². The predicted octanol–water partition coefficient (Wildman–Crippen LogP) is 2.70. The molecule has 0 spiro atoms. The van der Waals surface area contributed by atoms with Crippen molar-refractivity contribution in [2.75, 3.05) is 13.7 Å². The van der Waals surface area contributed by atoms with Crippen LogP contribution in [-0.4, -0.2) is 33.6 Å². The van der Waals surface area contributed by atoms with E-state index in [2.05, 4.69) is 21.8 Å². The van der Waals surface area contributed by atoms with Crippen molar-refractivity contribution >= 4 is 0 Å². The third-order valence-electron chi connectivity index (χ3n) is 4.22. The van der Waals surface area contributed by atoms with Crippen molar-refractivity contribution < 1.29 is 9.84 Å². The van der Waals surface area contributed by atoms with E-state index in [4.69, 9.17) is 4.74 Å². The molecule has 1 aromatic carbocycles. The zero-order chi connectivity index (χ0) is 16.2. The highest BCUT2D eigenvalue weighted by atomic mass is 16.5. The first kappa shape index (κ1) is 15.7. The van der Waals surface area contributed by atoms with Crippen LogP contribution in [0.15, 0.2) is 24.4 Å². The van der Waals surface area contributed by atoms with Crippen LogP contribution in [-0.2, 0) is 25.9 Å². The van der Waals surface area contributed by atoms with Crippen LogP contribution in [0.1, 0.15) is 36.0 Å². The minimum atomic E-state index is 0.311. The van der Waals surface area contributed by atoms with Crippen molar-refractivity contribution in [1.29, 1.82) is 0 Å². The lowest BCUT2D eigenvalue weighted by Gasteiger charge is -2.28. The molecule has 122 valence electrons. The first-order valence-corrected chi connectivity index (χ1v) is 8.11. The fraction of sp³-hybridized carbons (Fsp3) is 0.444. The molecule has 0 saturated carbocycles. The zero-order valence-corrected chi connectivity index (χ0v) is 13.7. The Bertz CT molecular complexity index is 688. The molecule has 1 aliphatic rings. The van der Waals surface area contributed by atoms with Crippen molar-refractivity contribution in [3.8, 4) is 11.5 Å². The molecule has 0 atom stereocenters. The SMILES string of the molecule is CCCc1ncc2c(n1)CCN(Cc1cc(OC)ccc1O)C2. The number of hydrogen-bond donors (Lipinski definition) is 1. The van der Waals surface area contributed by atoms with Crippen LogP contribution in [0.25, 0.3) is 0 Å². The Morgan fingerprint density at radius 1 is 1.35 bits per heavy atom. The average molecular weight is 313 g/mol. The van der Waals surface area contributed by atoms with E-state index < -0.39 is 0 Å². The largest absolute Gasteiger partial charge is 0.508 e. The Hall–Kier alpha value is -2.14. The zero-order valence-electron chi connectivity index (χ0n) is 13.7. The Morgan fingerprint density at radius 2 is 2.22 bits per heavy atom. The first-order chi connectivity index (χ1) is 11.2. The van der Waals surface area contributed by atoms with Crippen molar-refractivity contribution in [3.05, 3.63) is 47.0 Å². The summed E-state index contributed by atoms with van der Waals surface area (Å²) in [5.74, 6) is 2.03. The number of phenolic OH excluding ortho intramolecular Hbond substituents is 1. The molecule has 0 aliphatic carbocycles. The minimum Gasteiger partial charge on any atom is -0.508 e. The van der Waals surface area contributed by atoms with Crippen LogP contribution in [0.2, 0.25) is 0 Å². The van der Waals surface area contributed by atoms with Gasteiger partial charge in [0.15, 0.2) is 0 Å². The summed E-state index contributed by atoms with van der Waals surface area (Å²) in [5, 5.41) is 10.0. The topological polar surface area (TPSA) is 58.5 Å². The second-order valence-electron chi connectivity index (χ2n) is 5.96. The number of benzene rings is 1. The van der Waals surface area contributed by atoms with Gasteiger partial charge in [0.1, 0.15) is 17.3 Å². The molecule has 3 rings (SSSR count). The van der Waals surface area contributed by atoms with Gasteiger partial charge in [-0.05, 0) is 24.6 Å². The van der Waals surface area contributed by atoms with E-state index in [0.717, 1.165) is 49.5 Å². The standard InChI is InChI=1S/C18H23N3O2/c1-3-4-18-19-10-14-12-21(8-7-16(14)20-18)11-13-9-15(23-2)5-6-17(13)22/h5-6,9-10,22H,3-4,7-8,11-12H2,1-2H3. The van der Waals surface area contributed by atoms with Gasteiger partial charge in [0.25, 0.3) is 0 Å². The molecule has 0 amide bonds. The molecule has 5 heteroatoms.